The van der Waals surface area contributed by atoms with Crippen LogP contribution in [0.5, 0.6) is 5.75 Å². The molecule has 220 valence electrons. The Bertz CT molecular complexity index is 1670. The van der Waals surface area contributed by atoms with Gasteiger partial charge in [-0.3, -0.25) is 4.31 Å². The Morgan fingerprint density at radius 2 is 1.76 bits per heavy atom. The van der Waals surface area contributed by atoms with Crippen LogP contribution in [0.15, 0.2) is 65.6 Å². The van der Waals surface area contributed by atoms with Crippen molar-refractivity contribution < 1.29 is 39.5 Å². The van der Waals surface area contributed by atoms with Crippen LogP contribution in [0.1, 0.15) is 18.4 Å². The van der Waals surface area contributed by atoms with Gasteiger partial charge in [0.2, 0.25) is 0 Å². The van der Waals surface area contributed by atoms with Crippen molar-refractivity contribution in [3.63, 3.8) is 0 Å². The minimum atomic E-state index is -4.06. The molecule has 0 N–H and O–H groups in total. The summed E-state index contributed by atoms with van der Waals surface area (Å²) in [4.78, 5) is 2.17. The van der Waals surface area contributed by atoms with Gasteiger partial charge in [0.25, 0.3) is 10.0 Å². The van der Waals surface area contributed by atoms with Gasteiger partial charge >= 0.3 is 6.61 Å². The maximum Gasteiger partial charge on any atom is 0.387 e. The summed E-state index contributed by atoms with van der Waals surface area (Å²) in [5.74, 6) is -1.55. The molecule has 0 radical (unpaired) electrons. The Morgan fingerprint density at radius 1 is 0.976 bits per heavy atom. The van der Waals surface area contributed by atoms with Gasteiger partial charge in [-0.25, -0.2) is 21.2 Å². The van der Waals surface area contributed by atoms with Crippen molar-refractivity contribution in [2.24, 2.45) is 0 Å². The van der Waals surface area contributed by atoms with Crippen LogP contribution in [-0.4, -0.2) is 60.9 Å². The number of hydrogen-bond donors (Lipinski definition) is 0. The zero-order chi connectivity index (χ0) is 29.5. The van der Waals surface area contributed by atoms with Crippen molar-refractivity contribution in [1.82, 2.24) is 0 Å². The molecule has 1 unspecified atom stereocenters. The summed E-state index contributed by atoms with van der Waals surface area (Å²) in [5.41, 5.74) is 2.40. The smallest absolute Gasteiger partial charge is 0.387 e. The molecule has 0 amide bonds. The number of piperidine rings is 1. The fourth-order valence-electron chi connectivity index (χ4n) is 5.34. The van der Waals surface area contributed by atoms with Crippen LogP contribution in [-0.2, 0) is 24.6 Å². The molecule has 2 heterocycles. The second-order valence-electron chi connectivity index (χ2n) is 10.3. The summed E-state index contributed by atoms with van der Waals surface area (Å²) in [5, 5.41) is 0. The van der Waals surface area contributed by atoms with Gasteiger partial charge in [0.15, 0.2) is 9.84 Å². The molecule has 5 rings (SSSR count). The van der Waals surface area contributed by atoms with Crippen molar-refractivity contribution in [3.05, 3.63) is 72.0 Å². The number of fused-ring (bicyclic) bond motifs is 3. The molecule has 3 aromatic rings. The van der Waals surface area contributed by atoms with E-state index in [1.165, 1.54) is 16.4 Å². The SMILES string of the molecule is Cc1cccc(S(=O)(=O)N2C[C@@H]3CC(OCS(C)(=O)=O)CCN3c3ccc(-c4cc(F)cc(OC(F)F)c4)cc32)c1. The van der Waals surface area contributed by atoms with Gasteiger partial charge in [-0.1, -0.05) is 18.2 Å². The van der Waals surface area contributed by atoms with Crippen LogP contribution in [0.3, 0.4) is 0 Å². The highest BCUT2D eigenvalue weighted by atomic mass is 32.2. The third kappa shape index (κ3) is 6.47. The summed E-state index contributed by atoms with van der Waals surface area (Å²) < 4.78 is 103. The summed E-state index contributed by atoms with van der Waals surface area (Å²) in [6.45, 7) is -0.786. The molecule has 2 aliphatic rings. The van der Waals surface area contributed by atoms with Gasteiger partial charge in [-0.15, -0.1) is 0 Å². The number of halogens is 3. The number of anilines is 2. The second kappa shape index (κ2) is 11.2. The van der Waals surface area contributed by atoms with Crippen molar-refractivity contribution in [2.75, 3.05) is 34.5 Å². The molecular weight excluding hydrogens is 581 g/mol. The first-order valence-electron chi connectivity index (χ1n) is 12.9. The van der Waals surface area contributed by atoms with Crippen molar-refractivity contribution in [1.29, 1.82) is 0 Å². The van der Waals surface area contributed by atoms with E-state index in [1.807, 2.05) is 0 Å². The van der Waals surface area contributed by atoms with Crippen molar-refractivity contribution >= 4 is 31.2 Å². The largest absolute Gasteiger partial charge is 0.435 e. The second-order valence-corrected chi connectivity index (χ2v) is 14.3. The molecule has 0 spiro atoms. The predicted octanol–water partition coefficient (Wildman–Crippen LogP) is 4.97. The minimum Gasteiger partial charge on any atom is -0.435 e. The Morgan fingerprint density at radius 3 is 2.46 bits per heavy atom. The van der Waals surface area contributed by atoms with E-state index in [1.54, 1.807) is 43.3 Å². The van der Waals surface area contributed by atoms with Crippen LogP contribution in [0.2, 0.25) is 0 Å². The van der Waals surface area contributed by atoms with Crippen LogP contribution in [0.25, 0.3) is 11.1 Å². The number of ether oxygens (including phenoxy) is 2. The lowest BCUT2D eigenvalue weighted by molar-refractivity contribution is -0.0499. The Hall–Kier alpha value is -3.29. The number of alkyl halides is 2. The van der Waals surface area contributed by atoms with Gasteiger partial charge < -0.3 is 14.4 Å². The van der Waals surface area contributed by atoms with Gasteiger partial charge in [-0.05, 0) is 72.9 Å². The molecule has 8 nitrogen and oxygen atoms in total. The Balaban J connectivity index is 1.57. The lowest BCUT2D eigenvalue weighted by Crippen LogP contribution is -2.55. The highest BCUT2D eigenvalue weighted by Crippen LogP contribution is 2.44. The van der Waals surface area contributed by atoms with Crippen molar-refractivity contribution in [2.45, 2.75) is 43.4 Å². The zero-order valence-electron chi connectivity index (χ0n) is 22.3. The van der Waals surface area contributed by atoms with E-state index in [0.717, 1.165) is 24.0 Å². The molecule has 0 bridgehead atoms. The summed E-state index contributed by atoms with van der Waals surface area (Å²) >= 11 is 0. The molecule has 0 aliphatic carbocycles. The van der Waals surface area contributed by atoms with Gasteiger partial charge in [0.1, 0.15) is 17.5 Å². The monoisotopic (exact) mass is 610 g/mol. The number of hydrogen-bond acceptors (Lipinski definition) is 7. The third-order valence-electron chi connectivity index (χ3n) is 7.12. The molecule has 2 atom stereocenters. The minimum absolute atomic E-state index is 0.0638. The number of benzene rings is 3. The average molecular weight is 611 g/mol. The van der Waals surface area contributed by atoms with E-state index in [0.29, 0.717) is 36.3 Å². The maximum absolute atomic E-state index is 14.3. The van der Waals surface area contributed by atoms with E-state index < -0.39 is 38.2 Å². The average Bonchev–Trinajstić information content (AvgIpc) is 2.89. The number of sulfone groups is 1. The van der Waals surface area contributed by atoms with Gasteiger partial charge in [0, 0.05) is 18.9 Å². The first kappa shape index (κ1) is 29.2. The summed E-state index contributed by atoms with van der Waals surface area (Å²) in [6.07, 6.45) is 1.68. The molecule has 1 fully saturated rings. The molecule has 13 heteroatoms. The van der Waals surface area contributed by atoms with E-state index >= 15 is 0 Å². The normalized spacial score (nSPS) is 19.2. The Labute approximate surface area is 237 Å². The van der Waals surface area contributed by atoms with Crippen LogP contribution in [0, 0.1) is 12.7 Å². The number of aryl methyl sites for hydroxylation is 1. The highest BCUT2D eigenvalue weighted by Gasteiger charge is 2.41. The number of nitrogens with zero attached hydrogens (tertiary/aromatic N) is 2. The van der Waals surface area contributed by atoms with E-state index in [4.69, 9.17) is 4.74 Å². The van der Waals surface area contributed by atoms with E-state index in [9.17, 15) is 30.0 Å². The molecule has 0 aromatic heterocycles. The predicted molar refractivity (Wildman–Crippen MR) is 149 cm³/mol. The maximum atomic E-state index is 14.3. The van der Waals surface area contributed by atoms with E-state index in [2.05, 4.69) is 9.64 Å². The lowest BCUT2D eigenvalue weighted by Gasteiger charge is -2.48. The molecule has 0 saturated carbocycles. The Kier molecular flexibility index (Phi) is 7.96. The standard InChI is InChI=1S/C28H29F3N2O6S2/c1-18-4-3-5-25(10-18)41(36,37)33-16-22-15-23(38-17-40(2,34)35)8-9-32(22)26-7-6-19(13-27(26)33)20-11-21(29)14-24(12-20)39-28(30)31/h3-7,10-14,22-23,28H,8-9,15-17H2,1-2H3/t22-,23?/m0/s1. The van der Waals surface area contributed by atoms with Crippen LogP contribution >= 0.6 is 0 Å². The summed E-state index contributed by atoms with van der Waals surface area (Å²) in [7, 11) is -7.40. The van der Waals surface area contributed by atoms with Crippen LogP contribution in [0.4, 0.5) is 24.5 Å². The van der Waals surface area contributed by atoms with Gasteiger partial charge in [0.05, 0.1) is 35.0 Å². The highest BCUT2D eigenvalue weighted by molar-refractivity contribution is 7.92. The molecular formula is C28H29F3N2O6S2. The third-order valence-corrected chi connectivity index (χ3v) is 9.46. The van der Waals surface area contributed by atoms with Crippen molar-refractivity contribution in [3.8, 4) is 16.9 Å². The number of rotatable bonds is 8. The first-order valence-corrected chi connectivity index (χ1v) is 16.4. The molecule has 41 heavy (non-hydrogen) atoms. The van der Waals surface area contributed by atoms with Crippen LogP contribution < -0.4 is 13.9 Å². The summed E-state index contributed by atoms with van der Waals surface area (Å²) in [6, 6.07) is 14.5. The topological polar surface area (TPSA) is 93.2 Å². The first-order chi connectivity index (χ1) is 19.3. The van der Waals surface area contributed by atoms with Gasteiger partial charge in [-0.2, -0.15) is 8.78 Å². The zero-order valence-corrected chi connectivity index (χ0v) is 24.0. The fraction of sp³-hybridized carbons (Fsp3) is 0.357. The molecule has 1 saturated heterocycles. The number of sulfonamides is 1. The van der Waals surface area contributed by atoms with E-state index in [-0.39, 0.29) is 34.9 Å². The fourth-order valence-corrected chi connectivity index (χ4v) is 7.39. The molecule has 3 aromatic carbocycles. The quantitative estimate of drug-likeness (QED) is 0.356. The molecule has 2 aliphatic heterocycles. The lowest BCUT2D eigenvalue weighted by atomic mass is 9.94.